The van der Waals surface area contributed by atoms with E-state index in [1.807, 2.05) is 0 Å². The molecule has 2 fully saturated rings. The number of nitrogens with zero attached hydrogens (tertiary/aromatic N) is 2. The SMILES string of the molecule is CC(=O)N1CC(NC(=O)CN2CCCC2=O)CCC1C(F)(F)F. The molecule has 2 heterocycles. The quantitative estimate of drug-likeness (QED) is 0.824. The molecule has 2 aliphatic rings. The molecule has 0 aromatic carbocycles. The maximum Gasteiger partial charge on any atom is 0.408 e. The van der Waals surface area contributed by atoms with Gasteiger partial charge in [0.15, 0.2) is 0 Å². The molecule has 23 heavy (non-hydrogen) atoms. The van der Waals surface area contributed by atoms with E-state index in [1.165, 1.54) is 4.90 Å². The Morgan fingerprint density at radius 1 is 1.30 bits per heavy atom. The van der Waals surface area contributed by atoms with E-state index in [0.29, 0.717) is 19.4 Å². The Hall–Kier alpha value is -1.80. The third kappa shape index (κ3) is 4.35. The van der Waals surface area contributed by atoms with Crippen LogP contribution in [0.2, 0.25) is 0 Å². The maximum atomic E-state index is 12.9. The lowest BCUT2D eigenvalue weighted by atomic mass is 9.97. The number of amides is 3. The first-order valence-corrected chi connectivity index (χ1v) is 7.59. The fourth-order valence-electron chi connectivity index (χ4n) is 3.09. The zero-order valence-electron chi connectivity index (χ0n) is 12.9. The Morgan fingerprint density at radius 3 is 2.52 bits per heavy atom. The number of nitrogens with one attached hydrogen (secondary N) is 1. The van der Waals surface area contributed by atoms with Crippen molar-refractivity contribution in [3.63, 3.8) is 0 Å². The van der Waals surface area contributed by atoms with Gasteiger partial charge in [0.25, 0.3) is 0 Å². The van der Waals surface area contributed by atoms with Gasteiger partial charge in [0.1, 0.15) is 6.04 Å². The van der Waals surface area contributed by atoms with Crippen LogP contribution in [-0.2, 0) is 14.4 Å². The summed E-state index contributed by atoms with van der Waals surface area (Å²) in [7, 11) is 0. The van der Waals surface area contributed by atoms with Crippen molar-refractivity contribution >= 4 is 17.7 Å². The lowest BCUT2D eigenvalue weighted by molar-refractivity contribution is -0.196. The zero-order valence-corrected chi connectivity index (χ0v) is 12.9. The van der Waals surface area contributed by atoms with Crippen LogP contribution in [0.15, 0.2) is 0 Å². The highest BCUT2D eigenvalue weighted by Gasteiger charge is 2.47. The Balaban J connectivity index is 1.91. The Labute approximate surface area is 132 Å². The topological polar surface area (TPSA) is 69.7 Å². The van der Waals surface area contributed by atoms with E-state index in [2.05, 4.69) is 5.32 Å². The lowest BCUT2D eigenvalue weighted by Crippen LogP contribution is -2.58. The molecule has 1 N–H and O–H groups in total. The van der Waals surface area contributed by atoms with Gasteiger partial charge < -0.3 is 15.1 Å². The fourth-order valence-corrected chi connectivity index (χ4v) is 3.09. The van der Waals surface area contributed by atoms with E-state index in [-0.39, 0.29) is 31.8 Å². The first-order chi connectivity index (χ1) is 10.7. The van der Waals surface area contributed by atoms with Gasteiger partial charge in [-0.05, 0) is 19.3 Å². The van der Waals surface area contributed by atoms with Crippen molar-refractivity contribution in [1.29, 1.82) is 0 Å². The van der Waals surface area contributed by atoms with Crippen LogP contribution >= 0.6 is 0 Å². The van der Waals surface area contributed by atoms with Crippen molar-refractivity contribution in [2.45, 2.75) is 50.9 Å². The molecule has 130 valence electrons. The van der Waals surface area contributed by atoms with Crippen LogP contribution < -0.4 is 5.32 Å². The summed E-state index contributed by atoms with van der Waals surface area (Å²) in [6, 6.07) is -2.32. The molecule has 2 aliphatic heterocycles. The second kappa shape index (κ2) is 6.76. The lowest BCUT2D eigenvalue weighted by Gasteiger charge is -2.40. The summed E-state index contributed by atoms with van der Waals surface area (Å²) in [4.78, 5) is 37.1. The molecular formula is C14H20F3N3O3. The summed E-state index contributed by atoms with van der Waals surface area (Å²) in [6.45, 7) is 1.36. The van der Waals surface area contributed by atoms with Gasteiger partial charge in [-0.25, -0.2) is 0 Å². The van der Waals surface area contributed by atoms with Crippen LogP contribution in [0.25, 0.3) is 0 Å². The number of likely N-dealkylation sites (tertiary alicyclic amines) is 2. The zero-order chi connectivity index (χ0) is 17.2. The van der Waals surface area contributed by atoms with E-state index in [0.717, 1.165) is 11.8 Å². The minimum atomic E-state index is -4.47. The number of hydrogen-bond donors (Lipinski definition) is 1. The van der Waals surface area contributed by atoms with Crippen LogP contribution in [0.5, 0.6) is 0 Å². The van der Waals surface area contributed by atoms with Crippen molar-refractivity contribution in [2.24, 2.45) is 0 Å². The molecule has 9 heteroatoms. The summed E-state index contributed by atoms with van der Waals surface area (Å²) in [6.07, 6.45) is -3.43. The number of alkyl halides is 3. The van der Waals surface area contributed by atoms with E-state index in [1.54, 1.807) is 0 Å². The molecule has 0 aromatic rings. The molecule has 2 atom stereocenters. The molecular weight excluding hydrogens is 315 g/mol. The van der Waals surface area contributed by atoms with Gasteiger partial charge >= 0.3 is 6.18 Å². The van der Waals surface area contributed by atoms with Crippen molar-refractivity contribution < 1.29 is 27.6 Å². The van der Waals surface area contributed by atoms with Crippen LogP contribution in [-0.4, -0.2) is 65.4 Å². The third-order valence-electron chi connectivity index (χ3n) is 4.24. The minimum Gasteiger partial charge on any atom is -0.350 e. The summed E-state index contributed by atoms with van der Waals surface area (Å²) >= 11 is 0. The largest absolute Gasteiger partial charge is 0.408 e. The Morgan fingerprint density at radius 2 is 2.00 bits per heavy atom. The minimum absolute atomic E-state index is 0.0852. The molecule has 2 rings (SSSR count). The Bertz CT molecular complexity index is 495. The highest BCUT2D eigenvalue weighted by atomic mass is 19.4. The van der Waals surface area contributed by atoms with Crippen molar-refractivity contribution in [1.82, 2.24) is 15.1 Å². The summed E-state index contributed by atoms with van der Waals surface area (Å²) < 4.78 is 38.8. The summed E-state index contributed by atoms with van der Waals surface area (Å²) in [5.41, 5.74) is 0. The number of carbonyl (C=O) groups is 3. The second-order valence-corrected chi connectivity index (χ2v) is 5.99. The second-order valence-electron chi connectivity index (χ2n) is 5.99. The number of halogens is 3. The van der Waals surface area contributed by atoms with Crippen LogP contribution in [0.4, 0.5) is 13.2 Å². The molecule has 0 saturated carbocycles. The first kappa shape index (κ1) is 17.6. The molecule has 3 amide bonds. The molecule has 0 radical (unpaired) electrons. The number of piperidine rings is 1. The number of carbonyl (C=O) groups excluding carboxylic acids is 3. The van der Waals surface area contributed by atoms with Gasteiger partial charge in [0, 0.05) is 32.5 Å². The maximum absolute atomic E-state index is 12.9. The molecule has 2 saturated heterocycles. The molecule has 0 aromatic heterocycles. The molecule has 0 aliphatic carbocycles. The van der Waals surface area contributed by atoms with Gasteiger partial charge in [-0.3, -0.25) is 14.4 Å². The molecule has 0 bridgehead atoms. The fraction of sp³-hybridized carbons (Fsp3) is 0.786. The van der Waals surface area contributed by atoms with Crippen LogP contribution in [0.1, 0.15) is 32.6 Å². The van der Waals surface area contributed by atoms with Crippen molar-refractivity contribution in [2.75, 3.05) is 19.6 Å². The normalized spacial score (nSPS) is 25.7. The van der Waals surface area contributed by atoms with Gasteiger partial charge in [0.05, 0.1) is 6.54 Å². The van der Waals surface area contributed by atoms with E-state index in [9.17, 15) is 27.6 Å². The molecule has 0 spiro atoms. The number of rotatable bonds is 3. The number of hydrogen-bond acceptors (Lipinski definition) is 3. The van der Waals surface area contributed by atoms with Crippen LogP contribution in [0, 0.1) is 0 Å². The van der Waals surface area contributed by atoms with E-state index < -0.39 is 30.1 Å². The predicted octanol–water partition coefficient (Wildman–Crippen LogP) is 0.667. The van der Waals surface area contributed by atoms with Crippen molar-refractivity contribution in [3.8, 4) is 0 Å². The van der Waals surface area contributed by atoms with Crippen molar-refractivity contribution in [3.05, 3.63) is 0 Å². The average molecular weight is 335 g/mol. The monoisotopic (exact) mass is 335 g/mol. The van der Waals surface area contributed by atoms with Gasteiger partial charge in [-0.1, -0.05) is 0 Å². The standard InChI is InChI=1S/C14H20F3N3O3/c1-9(21)20-7-10(4-5-11(20)14(15,16)17)18-12(22)8-19-6-2-3-13(19)23/h10-11H,2-8H2,1H3,(H,18,22). The third-order valence-corrected chi connectivity index (χ3v) is 4.24. The first-order valence-electron chi connectivity index (χ1n) is 7.59. The van der Waals surface area contributed by atoms with E-state index in [4.69, 9.17) is 0 Å². The highest BCUT2D eigenvalue weighted by molar-refractivity contribution is 5.86. The average Bonchev–Trinajstić information content (AvgIpc) is 2.82. The smallest absolute Gasteiger partial charge is 0.350 e. The van der Waals surface area contributed by atoms with Crippen LogP contribution in [0.3, 0.4) is 0 Å². The van der Waals surface area contributed by atoms with Gasteiger partial charge in [0.2, 0.25) is 17.7 Å². The van der Waals surface area contributed by atoms with Gasteiger partial charge in [-0.2, -0.15) is 13.2 Å². The molecule has 2 unspecified atom stereocenters. The predicted molar refractivity (Wildman–Crippen MR) is 74.2 cm³/mol. The van der Waals surface area contributed by atoms with Gasteiger partial charge in [-0.15, -0.1) is 0 Å². The molecule has 6 nitrogen and oxygen atoms in total. The highest BCUT2D eigenvalue weighted by Crippen LogP contribution is 2.32. The summed E-state index contributed by atoms with van der Waals surface area (Å²) in [5, 5.41) is 2.63. The summed E-state index contributed by atoms with van der Waals surface area (Å²) in [5.74, 6) is -1.16. The Kier molecular flexibility index (Phi) is 5.16. The van der Waals surface area contributed by atoms with E-state index >= 15 is 0 Å².